The van der Waals surface area contributed by atoms with Gasteiger partial charge in [0.05, 0.1) is 10.6 Å². The molecule has 1 aromatic rings. The summed E-state index contributed by atoms with van der Waals surface area (Å²) >= 11 is 0. The third-order valence-corrected chi connectivity index (χ3v) is 3.70. The predicted octanol–water partition coefficient (Wildman–Crippen LogP) is 1.61. The lowest BCUT2D eigenvalue weighted by Crippen LogP contribution is -2.07. The third kappa shape index (κ3) is 3.32. The number of benzene rings is 1. The highest BCUT2D eigenvalue weighted by atomic mass is 32.2. The van der Waals surface area contributed by atoms with E-state index in [9.17, 15) is 13.2 Å². The zero-order chi connectivity index (χ0) is 11.3. The standard InChI is InChI=1S/C11H12O3S/c1-10(7-8-12)9-15(13,14)11-5-3-2-4-6-11/h2-8H,9H2,1H3. The van der Waals surface area contributed by atoms with Crippen molar-refractivity contribution in [1.29, 1.82) is 0 Å². The van der Waals surface area contributed by atoms with Crippen molar-refractivity contribution in [3.63, 3.8) is 0 Å². The van der Waals surface area contributed by atoms with Crippen LogP contribution in [0.25, 0.3) is 0 Å². The molecule has 0 saturated heterocycles. The number of hydrogen-bond donors (Lipinski definition) is 0. The second-order valence-electron chi connectivity index (χ2n) is 3.22. The molecule has 0 aromatic heterocycles. The van der Waals surface area contributed by atoms with E-state index >= 15 is 0 Å². The maximum Gasteiger partial charge on any atom is 0.182 e. The van der Waals surface area contributed by atoms with E-state index in [1.807, 2.05) is 0 Å². The van der Waals surface area contributed by atoms with Crippen LogP contribution in [0.3, 0.4) is 0 Å². The Bertz CT molecular complexity index is 458. The smallest absolute Gasteiger partial charge is 0.182 e. The molecule has 0 aliphatic heterocycles. The van der Waals surface area contributed by atoms with Crippen molar-refractivity contribution in [2.45, 2.75) is 11.8 Å². The average molecular weight is 224 g/mol. The van der Waals surface area contributed by atoms with Crippen LogP contribution in [-0.4, -0.2) is 20.5 Å². The van der Waals surface area contributed by atoms with Crippen LogP contribution in [0.2, 0.25) is 0 Å². The second kappa shape index (κ2) is 4.89. The van der Waals surface area contributed by atoms with E-state index in [4.69, 9.17) is 0 Å². The molecule has 3 nitrogen and oxygen atoms in total. The van der Waals surface area contributed by atoms with Crippen LogP contribution < -0.4 is 0 Å². The summed E-state index contributed by atoms with van der Waals surface area (Å²) in [5, 5.41) is 0. The molecule has 0 saturated carbocycles. The van der Waals surface area contributed by atoms with Gasteiger partial charge in [-0.15, -0.1) is 0 Å². The fraction of sp³-hybridized carbons (Fsp3) is 0.182. The highest BCUT2D eigenvalue weighted by molar-refractivity contribution is 7.91. The molecular weight excluding hydrogens is 212 g/mol. The Labute approximate surface area is 89.4 Å². The van der Waals surface area contributed by atoms with E-state index < -0.39 is 9.84 Å². The van der Waals surface area contributed by atoms with Gasteiger partial charge in [-0.2, -0.15) is 0 Å². The van der Waals surface area contributed by atoms with Gasteiger partial charge in [-0.25, -0.2) is 8.42 Å². The van der Waals surface area contributed by atoms with Crippen molar-refractivity contribution in [2.75, 3.05) is 5.75 Å². The number of hydrogen-bond acceptors (Lipinski definition) is 3. The molecule has 0 atom stereocenters. The molecule has 0 amide bonds. The highest BCUT2D eigenvalue weighted by Crippen LogP contribution is 2.12. The summed E-state index contributed by atoms with van der Waals surface area (Å²) in [6.45, 7) is 1.62. The zero-order valence-electron chi connectivity index (χ0n) is 8.38. The summed E-state index contributed by atoms with van der Waals surface area (Å²) in [6, 6.07) is 8.19. The van der Waals surface area contributed by atoms with Crippen LogP contribution in [-0.2, 0) is 14.6 Å². The molecule has 0 bridgehead atoms. The van der Waals surface area contributed by atoms with E-state index in [-0.39, 0.29) is 10.6 Å². The van der Waals surface area contributed by atoms with Crippen LogP contribution in [0.5, 0.6) is 0 Å². The molecule has 1 aromatic carbocycles. The number of aldehydes is 1. The normalized spacial score (nSPS) is 12.5. The van der Waals surface area contributed by atoms with Gasteiger partial charge in [-0.3, -0.25) is 4.79 Å². The molecule has 0 heterocycles. The second-order valence-corrected chi connectivity index (χ2v) is 5.21. The molecule has 0 N–H and O–H groups in total. The Morgan fingerprint density at radius 1 is 1.27 bits per heavy atom. The summed E-state index contributed by atoms with van der Waals surface area (Å²) in [7, 11) is -3.31. The Hall–Kier alpha value is -1.42. The van der Waals surface area contributed by atoms with Crippen molar-refractivity contribution >= 4 is 16.1 Å². The third-order valence-electron chi connectivity index (χ3n) is 1.87. The van der Waals surface area contributed by atoms with Gasteiger partial charge in [0.15, 0.2) is 9.84 Å². The highest BCUT2D eigenvalue weighted by Gasteiger charge is 2.13. The monoisotopic (exact) mass is 224 g/mol. The van der Waals surface area contributed by atoms with Gasteiger partial charge >= 0.3 is 0 Å². The minimum Gasteiger partial charge on any atom is -0.299 e. The Morgan fingerprint density at radius 2 is 1.87 bits per heavy atom. The summed E-state index contributed by atoms with van der Waals surface area (Å²) in [4.78, 5) is 10.4. The van der Waals surface area contributed by atoms with E-state index in [0.29, 0.717) is 11.9 Å². The first kappa shape index (κ1) is 11.7. The molecular formula is C11H12O3S. The molecule has 1 rings (SSSR count). The van der Waals surface area contributed by atoms with Gasteiger partial charge in [0.25, 0.3) is 0 Å². The molecule has 4 heteroatoms. The minimum absolute atomic E-state index is 0.115. The summed E-state index contributed by atoms with van der Waals surface area (Å²) in [5.74, 6) is -0.115. The lowest BCUT2D eigenvalue weighted by atomic mass is 10.3. The fourth-order valence-electron chi connectivity index (χ4n) is 1.18. The molecule has 15 heavy (non-hydrogen) atoms. The molecule has 0 aliphatic rings. The molecule has 0 unspecified atom stereocenters. The van der Waals surface area contributed by atoms with E-state index in [1.54, 1.807) is 37.3 Å². The van der Waals surface area contributed by atoms with Crippen molar-refractivity contribution < 1.29 is 13.2 Å². The van der Waals surface area contributed by atoms with Crippen molar-refractivity contribution in [1.82, 2.24) is 0 Å². The number of carbonyl (C=O) groups is 1. The molecule has 0 radical (unpaired) electrons. The quantitative estimate of drug-likeness (QED) is 0.576. The zero-order valence-corrected chi connectivity index (χ0v) is 9.20. The lowest BCUT2D eigenvalue weighted by Gasteiger charge is -2.03. The maximum atomic E-state index is 11.8. The van der Waals surface area contributed by atoms with E-state index in [0.717, 1.165) is 0 Å². The van der Waals surface area contributed by atoms with Gasteiger partial charge in [0, 0.05) is 0 Å². The van der Waals surface area contributed by atoms with Gasteiger partial charge in [0.1, 0.15) is 6.29 Å². The van der Waals surface area contributed by atoms with Crippen LogP contribution >= 0.6 is 0 Å². The van der Waals surface area contributed by atoms with Gasteiger partial charge in [0.2, 0.25) is 0 Å². The largest absolute Gasteiger partial charge is 0.299 e. The average Bonchev–Trinajstić information content (AvgIpc) is 2.18. The first-order valence-electron chi connectivity index (χ1n) is 4.45. The van der Waals surface area contributed by atoms with Gasteiger partial charge in [-0.05, 0) is 25.1 Å². The molecule has 0 aliphatic carbocycles. The number of carbonyl (C=O) groups excluding carboxylic acids is 1. The number of rotatable bonds is 4. The molecule has 80 valence electrons. The van der Waals surface area contributed by atoms with Crippen LogP contribution in [0, 0.1) is 0 Å². The maximum absolute atomic E-state index is 11.8. The minimum atomic E-state index is -3.31. The predicted molar refractivity (Wildman–Crippen MR) is 58.3 cm³/mol. The Kier molecular flexibility index (Phi) is 3.80. The van der Waals surface area contributed by atoms with Gasteiger partial charge < -0.3 is 0 Å². The number of sulfone groups is 1. The van der Waals surface area contributed by atoms with Crippen molar-refractivity contribution in [2.24, 2.45) is 0 Å². The lowest BCUT2D eigenvalue weighted by molar-refractivity contribution is -0.104. The van der Waals surface area contributed by atoms with E-state index in [2.05, 4.69) is 0 Å². The van der Waals surface area contributed by atoms with Crippen molar-refractivity contribution in [3.8, 4) is 0 Å². The SMILES string of the molecule is CC(=CC=O)CS(=O)(=O)c1ccccc1. The van der Waals surface area contributed by atoms with E-state index in [1.165, 1.54) is 6.08 Å². The molecule has 0 spiro atoms. The van der Waals surface area contributed by atoms with Crippen LogP contribution in [0.4, 0.5) is 0 Å². The first-order chi connectivity index (χ1) is 7.06. The first-order valence-corrected chi connectivity index (χ1v) is 6.10. The topological polar surface area (TPSA) is 51.2 Å². The van der Waals surface area contributed by atoms with Crippen LogP contribution in [0.15, 0.2) is 46.9 Å². The fourth-order valence-corrected chi connectivity index (χ4v) is 2.61. The summed E-state index contributed by atoms with van der Waals surface area (Å²) < 4.78 is 23.5. The van der Waals surface area contributed by atoms with Gasteiger partial charge in [-0.1, -0.05) is 23.8 Å². The summed E-state index contributed by atoms with van der Waals surface area (Å²) in [5.41, 5.74) is 0.536. The number of allylic oxidation sites excluding steroid dienone is 1. The summed E-state index contributed by atoms with van der Waals surface area (Å²) in [6.07, 6.45) is 1.86. The van der Waals surface area contributed by atoms with Crippen molar-refractivity contribution in [3.05, 3.63) is 42.0 Å². The Morgan fingerprint density at radius 3 is 2.40 bits per heavy atom. The molecule has 0 fully saturated rings. The Balaban J connectivity index is 2.96. The van der Waals surface area contributed by atoms with Crippen LogP contribution in [0.1, 0.15) is 6.92 Å².